The SMILES string of the molecule is Cc1ccc(Cc2ccc(-c3ccccc3)s2)c(C)c1Br. The number of aryl methyl sites for hydroxylation is 1. The van der Waals surface area contributed by atoms with Crippen LogP contribution in [0.25, 0.3) is 10.4 Å². The lowest BCUT2D eigenvalue weighted by atomic mass is 10.0. The van der Waals surface area contributed by atoms with E-state index in [-0.39, 0.29) is 0 Å². The lowest BCUT2D eigenvalue weighted by Crippen LogP contribution is -1.92. The van der Waals surface area contributed by atoms with Gasteiger partial charge in [-0.25, -0.2) is 0 Å². The van der Waals surface area contributed by atoms with E-state index in [2.05, 4.69) is 84.4 Å². The minimum atomic E-state index is 1.00. The maximum atomic E-state index is 3.69. The predicted octanol–water partition coefficient (Wildman–Crippen LogP) is 6.39. The van der Waals surface area contributed by atoms with E-state index in [0.29, 0.717) is 0 Å². The van der Waals surface area contributed by atoms with E-state index in [1.807, 2.05) is 11.3 Å². The van der Waals surface area contributed by atoms with Crippen LogP contribution in [0.3, 0.4) is 0 Å². The van der Waals surface area contributed by atoms with Crippen LogP contribution in [-0.4, -0.2) is 0 Å². The van der Waals surface area contributed by atoms with E-state index in [1.54, 1.807) is 0 Å². The first-order valence-electron chi connectivity index (χ1n) is 7.04. The molecule has 0 radical (unpaired) electrons. The number of halogens is 1. The first-order chi connectivity index (χ1) is 10.1. The summed E-state index contributed by atoms with van der Waals surface area (Å²) in [4.78, 5) is 2.75. The molecule has 0 atom stereocenters. The number of rotatable bonds is 3. The highest BCUT2D eigenvalue weighted by atomic mass is 79.9. The van der Waals surface area contributed by atoms with Crippen molar-refractivity contribution < 1.29 is 0 Å². The topological polar surface area (TPSA) is 0 Å². The fourth-order valence-electron chi connectivity index (χ4n) is 2.47. The van der Waals surface area contributed by atoms with Gasteiger partial charge in [-0.2, -0.15) is 0 Å². The van der Waals surface area contributed by atoms with E-state index in [0.717, 1.165) is 6.42 Å². The Labute approximate surface area is 138 Å². The average molecular weight is 357 g/mol. The lowest BCUT2D eigenvalue weighted by Gasteiger charge is -2.09. The molecule has 1 aromatic heterocycles. The third kappa shape index (κ3) is 3.12. The Morgan fingerprint density at radius 2 is 1.67 bits per heavy atom. The molecule has 0 saturated carbocycles. The third-order valence-corrected chi connectivity index (χ3v) is 6.13. The Morgan fingerprint density at radius 1 is 0.905 bits per heavy atom. The molecular formula is C19H17BrS. The smallest absolute Gasteiger partial charge is 0.0345 e. The Kier molecular flexibility index (Phi) is 4.27. The van der Waals surface area contributed by atoms with E-state index in [9.17, 15) is 0 Å². The zero-order valence-electron chi connectivity index (χ0n) is 12.2. The van der Waals surface area contributed by atoms with Crippen molar-refractivity contribution >= 4 is 27.3 Å². The van der Waals surface area contributed by atoms with Gasteiger partial charge < -0.3 is 0 Å². The van der Waals surface area contributed by atoms with Crippen molar-refractivity contribution in [1.29, 1.82) is 0 Å². The van der Waals surface area contributed by atoms with E-state index >= 15 is 0 Å². The van der Waals surface area contributed by atoms with Crippen LogP contribution in [0.15, 0.2) is 59.1 Å². The maximum Gasteiger partial charge on any atom is 0.0345 e. The molecule has 0 saturated heterocycles. The van der Waals surface area contributed by atoms with Crippen molar-refractivity contribution in [3.63, 3.8) is 0 Å². The number of hydrogen-bond donors (Lipinski definition) is 0. The second-order valence-corrected chi connectivity index (χ2v) is 7.25. The van der Waals surface area contributed by atoms with Gasteiger partial charge >= 0.3 is 0 Å². The Bertz CT molecular complexity index is 756. The summed E-state index contributed by atoms with van der Waals surface area (Å²) in [6, 6.07) is 19.5. The molecule has 106 valence electrons. The summed E-state index contributed by atoms with van der Waals surface area (Å²) in [5, 5.41) is 0. The number of hydrogen-bond acceptors (Lipinski definition) is 1. The monoisotopic (exact) mass is 356 g/mol. The van der Waals surface area contributed by atoms with Gasteiger partial charge in [0.2, 0.25) is 0 Å². The van der Waals surface area contributed by atoms with Gasteiger partial charge in [-0.3, -0.25) is 0 Å². The minimum absolute atomic E-state index is 1.00. The van der Waals surface area contributed by atoms with E-state index < -0.39 is 0 Å². The minimum Gasteiger partial charge on any atom is -0.140 e. The summed E-state index contributed by atoms with van der Waals surface area (Å²) < 4.78 is 1.24. The van der Waals surface area contributed by atoms with Crippen molar-refractivity contribution in [2.45, 2.75) is 20.3 Å². The molecule has 21 heavy (non-hydrogen) atoms. The van der Waals surface area contributed by atoms with Crippen LogP contribution in [0.1, 0.15) is 21.6 Å². The quantitative estimate of drug-likeness (QED) is 0.510. The van der Waals surface area contributed by atoms with Crippen LogP contribution in [0.4, 0.5) is 0 Å². The molecule has 0 fully saturated rings. The summed E-state index contributed by atoms with van der Waals surface area (Å²) in [6.45, 7) is 4.33. The highest BCUT2D eigenvalue weighted by molar-refractivity contribution is 9.10. The normalized spacial score (nSPS) is 10.8. The first kappa shape index (κ1) is 14.6. The molecule has 0 unspecified atom stereocenters. The third-order valence-electron chi connectivity index (χ3n) is 3.78. The summed E-state index contributed by atoms with van der Waals surface area (Å²) >= 11 is 5.57. The second-order valence-electron chi connectivity index (χ2n) is 5.29. The average Bonchev–Trinajstić information content (AvgIpc) is 2.97. The van der Waals surface area contributed by atoms with Gasteiger partial charge in [-0.1, -0.05) is 58.4 Å². The van der Waals surface area contributed by atoms with E-state index in [1.165, 1.54) is 36.5 Å². The first-order valence-corrected chi connectivity index (χ1v) is 8.65. The molecule has 1 heterocycles. The van der Waals surface area contributed by atoms with Crippen LogP contribution < -0.4 is 0 Å². The van der Waals surface area contributed by atoms with Crippen molar-refractivity contribution in [2.24, 2.45) is 0 Å². The van der Waals surface area contributed by atoms with Crippen molar-refractivity contribution in [2.75, 3.05) is 0 Å². The molecular weight excluding hydrogens is 340 g/mol. The van der Waals surface area contributed by atoms with Crippen LogP contribution in [0.2, 0.25) is 0 Å². The van der Waals surface area contributed by atoms with Gasteiger partial charge in [0.1, 0.15) is 0 Å². The van der Waals surface area contributed by atoms with Crippen molar-refractivity contribution in [1.82, 2.24) is 0 Å². The molecule has 2 heteroatoms. The molecule has 3 aromatic rings. The molecule has 3 rings (SSSR count). The van der Waals surface area contributed by atoms with Crippen molar-refractivity contribution in [3.8, 4) is 10.4 Å². The summed E-state index contributed by atoms with van der Waals surface area (Å²) in [5.41, 5.74) is 5.35. The summed E-state index contributed by atoms with van der Waals surface area (Å²) in [7, 11) is 0. The van der Waals surface area contributed by atoms with Gasteiger partial charge in [0.15, 0.2) is 0 Å². The lowest BCUT2D eigenvalue weighted by molar-refractivity contribution is 1.17. The van der Waals surface area contributed by atoms with Gasteiger partial charge in [0.25, 0.3) is 0 Å². The number of thiophene rings is 1. The predicted molar refractivity (Wildman–Crippen MR) is 96.2 cm³/mol. The fraction of sp³-hybridized carbons (Fsp3) is 0.158. The molecule has 0 N–H and O–H groups in total. The van der Waals surface area contributed by atoms with E-state index in [4.69, 9.17) is 0 Å². The molecule has 0 aliphatic rings. The van der Waals surface area contributed by atoms with Gasteiger partial charge in [0, 0.05) is 20.6 Å². The maximum absolute atomic E-state index is 3.69. The molecule has 0 aliphatic heterocycles. The standard InChI is InChI=1S/C19H17BrS/c1-13-8-9-16(14(2)19(13)20)12-17-10-11-18(21-17)15-6-4-3-5-7-15/h3-11H,12H2,1-2H3. The van der Waals surface area contributed by atoms with Crippen molar-refractivity contribution in [3.05, 3.63) is 80.6 Å². The van der Waals surface area contributed by atoms with Crippen LogP contribution in [0.5, 0.6) is 0 Å². The van der Waals surface area contributed by atoms with Gasteiger partial charge in [-0.05, 0) is 48.2 Å². The Balaban J connectivity index is 1.87. The van der Waals surface area contributed by atoms with Crippen LogP contribution >= 0.6 is 27.3 Å². The second kappa shape index (κ2) is 6.17. The zero-order valence-corrected chi connectivity index (χ0v) is 14.6. The van der Waals surface area contributed by atoms with Gasteiger partial charge in [-0.15, -0.1) is 11.3 Å². The summed E-state index contributed by atoms with van der Waals surface area (Å²) in [5.74, 6) is 0. The molecule has 2 aromatic carbocycles. The Hall–Kier alpha value is -1.38. The molecule has 0 aliphatic carbocycles. The Morgan fingerprint density at radius 3 is 2.43 bits per heavy atom. The molecule has 0 nitrogen and oxygen atoms in total. The zero-order chi connectivity index (χ0) is 14.8. The number of benzene rings is 2. The highest BCUT2D eigenvalue weighted by Gasteiger charge is 2.08. The molecule has 0 spiro atoms. The van der Waals surface area contributed by atoms with Gasteiger partial charge in [0.05, 0.1) is 0 Å². The largest absolute Gasteiger partial charge is 0.140 e. The fourth-order valence-corrected chi connectivity index (χ4v) is 3.89. The summed E-state index contributed by atoms with van der Waals surface area (Å²) in [6.07, 6.45) is 1.00. The van der Waals surface area contributed by atoms with Crippen LogP contribution in [-0.2, 0) is 6.42 Å². The molecule has 0 bridgehead atoms. The highest BCUT2D eigenvalue weighted by Crippen LogP contribution is 2.31. The van der Waals surface area contributed by atoms with Crippen LogP contribution in [0, 0.1) is 13.8 Å². The molecule has 0 amide bonds.